The third kappa shape index (κ3) is 4.86. The summed E-state index contributed by atoms with van der Waals surface area (Å²) in [6, 6.07) is 21.7. The number of aliphatic hydroxyl groups is 1. The molecule has 0 radical (unpaired) electrons. The molecule has 7 heteroatoms. The first-order valence-corrected chi connectivity index (χ1v) is 11.5. The highest BCUT2D eigenvalue weighted by atomic mass is 16.5. The molecular weight excluding hydrogens is 458 g/mol. The zero-order valence-corrected chi connectivity index (χ0v) is 20.3. The normalized spacial score (nSPS) is 17.3. The third-order valence-electron chi connectivity index (χ3n) is 6.06. The van der Waals surface area contributed by atoms with Crippen molar-refractivity contribution < 1.29 is 29.3 Å². The largest absolute Gasteiger partial charge is 0.507 e. The molecule has 1 atom stereocenters. The molecule has 1 fully saturated rings. The van der Waals surface area contributed by atoms with E-state index in [4.69, 9.17) is 9.84 Å². The molecule has 1 heterocycles. The van der Waals surface area contributed by atoms with Gasteiger partial charge in [0.25, 0.3) is 11.7 Å². The van der Waals surface area contributed by atoms with Gasteiger partial charge in [0.1, 0.15) is 11.5 Å². The van der Waals surface area contributed by atoms with Crippen molar-refractivity contribution in [1.29, 1.82) is 0 Å². The monoisotopic (exact) mass is 485 g/mol. The highest BCUT2D eigenvalue weighted by Crippen LogP contribution is 2.42. The van der Waals surface area contributed by atoms with Gasteiger partial charge >= 0.3 is 5.97 Å². The third-order valence-corrected chi connectivity index (χ3v) is 6.06. The summed E-state index contributed by atoms with van der Waals surface area (Å²) >= 11 is 0. The average molecular weight is 486 g/mol. The highest BCUT2D eigenvalue weighted by Gasteiger charge is 2.47. The van der Waals surface area contributed by atoms with E-state index >= 15 is 0 Å². The molecule has 184 valence electrons. The molecule has 0 saturated carbocycles. The Balaban J connectivity index is 1.83. The molecule has 0 aliphatic carbocycles. The van der Waals surface area contributed by atoms with Crippen molar-refractivity contribution in [2.45, 2.75) is 32.2 Å². The molecule has 3 aromatic carbocycles. The van der Waals surface area contributed by atoms with E-state index in [0.717, 1.165) is 5.56 Å². The van der Waals surface area contributed by atoms with Crippen molar-refractivity contribution in [1.82, 2.24) is 0 Å². The number of Topliss-reactive ketones (excluding diaryl/α,β-unsaturated/α-hetero) is 1. The zero-order valence-electron chi connectivity index (χ0n) is 20.3. The summed E-state index contributed by atoms with van der Waals surface area (Å²) in [4.78, 5) is 38.7. The average Bonchev–Trinajstić information content (AvgIpc) is 3.13. The van der Waals surface area contributed by atoms with Crippen molar-refractivity contribution in [2.75, 3.05) is 11.5 Å². The Morgan fingerprint density at radius 1 is 0.889 bits per heavy atom. The smallest absolute Gasteiger partial charge is 0.341 e. The minimum atomic E-state index is -1.11. The van der Waals surface area contributed by atoms with Gasteiger partial charge < -0.3 is 14.9 Å². The second-order valence-electron chi connectivity index (χ2n) is 9.58. The van der Waals surface area contributed by atoms with E-state index in [1.54, 1.807) is 42.5 Å². The number of hydrogen-bond donors (Lipinski definition) is 2. The van der Waals surface area contributed by atoms with E-state index in [9.17, 15) is 19.5 Å². The van der Waals surface area contributed by atoms with Crippen LogP contribution in [-0.2, 0) is 19.8 Å². The van der Waals surface area contributed by atoms with E-state index in [1.165, 1.54) is 17.0 Å². The number of ketones is 1. The summed E-state index contributed by atoms with van der Waals surface area (Å²) in [5.41, 5.74) is 2.52. The molecule has 0 bridgehead atoms. The molecule has 0 spiro atoms. The molecule has 1 saturated heterocycles. The summed E-state index contributed by atoms with van der Waals surface area (Å²) in [5, 5.41) is 20.0. The fourth-order valence-electron chi connectivity index (χ4n) is 4.18. The van der Waals surface area contributed by atoms with Gasteiger partial charge in [-0.1, -0.05) is 75.4 Å². The second kappa shape index (κ2) is 9.70. The topological polar surface area (TPSA) is 104 Å². The maximum atomic E-state index is 13.3. The van der Waals surface area contributed by atoms with E-state index in [1.807, 2.05) is 24.3 Å². The van der Waals surface area contributed by atoms with Crippen LogP contribution < -0.4 is 9.64 Å². The molecule has 36 heavy (non-hydrogen) atoms. The Bertz CT molecular complexity index is 1320. The molecule has 0 aromatic heterocycles. The first-order chi connectivity index (χ1) is 17.1. The number of benzene rings is 3. The Morgan fingerprint density at radius 2 is 1.50 bits per heavy atom. The predicted octanol–water partition coefficient (Wildman–Crippen LogP) is 5.07. The maximum Gasteiger partial charge on any atom is 0.341 e. The lowest BCUT2D eigenvalue weighted by molar-refractivity contribution is -0.139. The molecule has 7 nitrogen and oxygen atoms in total. The fraction of sp³-hybridized carbons (Fsp3) is 0.207. The van der Waals surface area contributed by atoms with Crippen LogP contribution in [0.15, 0.2) is 84.4 Å². The van der Waals surface area contributed by atoms with Gasteiger partial charge in [0.2, 0.25) is 0 Å². The number of carboxylic acid groups (broad SMARTS) is 1. The van der Waals surface area contributed by atoms with Gasteiger partial charge in [0.05, 0.1) is 11.6 Å². The van der Waals surface area contributed by atoms with Crippen molar-refractivity contribution in [3.63, 3.8) is 0 Å². The predicted molar refractivity (Wildman–Crippen MR) is 136 cm³/mol. The van der Waals surface area contributed by atoms with Crippen molar-refractivity contribution in [3.05, 3.63) is 101 Å². The minimum absolute atomic E-state index is 0.000845. The van der Waals surface area contributed by atoms with Gasteiger partial charge in [-0.2, -0.15) is 0 Å². The van der Waals surface area contributed by atoms with Crippen LogP contribution in [-0.4, -0.2) is 34.5 Å². The first kappa shape index (κ1) is 24.7. The van der Waals surface area contributed by atoms with Gasteiger partial charge in [0, 0.05) is 11.3 Å². The number of aliphatic hydroxyl groups excluding tert-OH is 1. The summed E-state index contributed by atoms with van der Waals surface area (Å²) in [6.45, 7) is 5.79. The lowest BCUT2D eigenvalue weighted by atomic mass is 9.85. The number of carboxylic acids is 1. The lowest BCUT2D eigenvalue weighted by Gasteiger charge is -2.26. The van der Waals surface area contributed by atoms with E-state index < -0.39 is 30.3 Å². The standard InChI is InChI=1S/C29H27NO6/c1-29(2,3)20-11-9-18(10-12-20)25-24(26(33)19-7-5-4-6-8-19)27(34)28(35)30(25)21-13-15-22(16-14-21)36-17-23(31)32/h4-16,25,33H,17H2,1-3H3,(H,31,32)/b26-24-. The number of anilines is 1. The number of amides is 1. The van der Waals surface area contributed by atoms with E-state index in [0.29, 0.717) is 22.6 Å². The maximum absolute atomic E-state index is 13.3. The van der Waals surface area contributed by atoms with Crippen LogP contribution in [0.2, 0.25) is 0 Å². The van der Waals surface area contributed by atoms with Crippen LogP contribution >= 0.6 is 0 Å². The number of aliphatic carboxylic acids is 1. The molecule has 4 rings (SSSR count). The number of nitrogens with zero attached hydrogens (tertiary/aromatic N) is 1. The molecule has 1 amide bonds. The molecule has 1 unspecified atom stereocenters. The van der Waals surface area contributed by atoms with Crippen LogP contribution in [0.4, 0.5) is 5.69 Å². The van der Waals surface area contributed by atoms with E-state index in [2.05, 4.69) is 20.8 Å². The van der Waals surface area contributed by atoms with Crippen LogP contribution in [0.5, 0.6) is 5.75 Å². The van der Waals surface area contributed by atoms with Gasteiger partial charge in [-0.15, -0.1) is 0 Å². The SMILES string of the molecule is CC(C)(C)c1ccc(C2/C(=C(/O)c3ccccc3)C(=O)C(=O)N2c2ccc(OCC(=O)O)cc2)cc1. The Labute approximate surface area is 209 Å². The quantitative estimate of drug-likeness (QED) is 0.287. The van der Waals surface area contributed by atoms with Crippen molar-refractivity contribution in [3.8, 4) is 5.75 Å². The van der Waals surface area contributed by atoms with E-state index in [-0.39, 0.29) is 16.7 Å². The van der Waals surface area contributed by atoms with Crippen LogP contribution in [0.1, 0.15) is 43.5 Å². The summed E-state index contributed by atoms with van der Waals surface area (Å²) < 4.78 is 5.19. The summed E-state index contributed by atoms with van der Waals surface area (Å²) in [5.74, 6) is -2.59. The molecule has 2 N–H and O–H groups in total. The van der Waals surface area contributed by atoms with Crippen molar-refractivity contribution in [2.24, 2.45) is 0 Å². The lowest BCUT2D eigenvalue weighted by Crippen LogP contribution is -2.29. The molecule has 1 aliphatic rings. The number of carbonyl (C=O) groups is 3. The molecule has 3 aromatic rings. The highest BCUT2D eigenvalue weighted by molar-refractivity contribution is 6.51. The second-order valence-corrected chi connectivity index (χ2v) is 9.58. The Kier molecular flexibility index (Phi) is 6.66. The number of ether oxygens (including phenoxy) is 1. The Morgan fingerprint density at radius 3 is 2.06 bits per heavy atom. The summed E-state index contributed by atoms with van der Waals surface area (Å²) in [6.07, 6.45) is 0. The van der Waals surface area contributed by atoms with Gasteiger partial charge in [0.15, 0.2) is 6.61 Å². The Hall–Kier alpha value is -4.39. The fourth-order valence-corrected chi connectivity index (χ4v) is 4.18. The minimum Gasteiger partial charge on any atom is -0.507 e. The molecular formula is C29H27NO6. The van der Waals surface area contributed by atoms with Gasteiger partial charge in [-0.3, -0.25) is 14.5 Å². The van der Waals surface area contributed by atoms with Crippen LogP contribution in [0, 0.1) is 0 Å². The van der Waals surface area contributed by atoms with Gasteiger partial charge in [-0.25, -0.2) is 4.79 Å². The summed E-state index contributed by atoms with van der Waals surface area (Å²) in [7, 11) is 0. The number of carbonyl (C=O) groups excluding carboxylic acids is 2. The number of rotatable bonds is 6. The first-order valence-electron chi connectivity index (χ1n) is 11.5. The van der Waals surface area contributed by atoms with Gasteiger partial charge in [-0.05, 0) is 40.8 Å². The molecule has 1 aliphatic heterocycles. The van der Waals surface area contributed by atoms with Crippen molar-refractivity contribution >= 4 is 29.1 Å². The zero-order chi connectivity index (χ0) is 26.0. The number of hydrogen-bond acceptors (Lipinski definition) is 5. The van der Waals surface area contributed by atoms with Crippen LogP contribution in [0.25, 0.3) is 5.76 Å². The van der Waals surface area contributed by atoms with Crippen LogP contribution in [0.3, 0.4) is 0 Å².